The average Bonchev–Trinajstić information content (AvgIpc) is 2.72. The molecule has 1 saturated heterocycles. The third-order valence-electron chi connectivity index (χ3n) is 3.50. The first-order chi connectivity index (χ1) is 9.13. The van der Waals surface area contributed by atoms with Gasteiger partial charge in [0.15, 0.2) is 5.82 Å². The highest BCUT2D eigenvalue weighted by Gasteiger charge is 2.22. The Hall–Kier alpha value is -1.76. The van der Waals surface area contributed by atoms with Gasteiger partial charge in [-0.1, -0.05) is 0 Å². The molecule has 106 valence electrons. The van der Waals surface area contributed by atoms with Gasteiger partial charge >= 0.3 is 5.97 Å². The van der Waals surface area contributed by atoms with E-state index < -0.39 is 5.97 Å². The van der Waals surface area contributed by atoms with Crippen LogP contribution in [-0.2, 0) is 11.8 Å². The number of rotatable bonds is 4. The van der Waals surface area contributed by atoms with Crippen LogP contribution in [0.1, 0.15) is 23.2 Å². The number of methoxy groups -OCH3 is 1. The Bertz CT molecular complexity index is 451. The molecule has 4 N–H and O–H groups in total. The predicted molar refractivity (Wildman–Crippen MR) is 73.0 cm³/mol. The summed E-state index contributed by atoms with van der Waals surface area (Å²) in [7, 11) is 3.04. The molecule has 1 aromatic heterocycles. The van der Waals surface area contributed by atoms with Crippen molar-refractivity contribution in [3.05, 3.63) is 5.56 Å². The number of carbonyl (C=O) groups excluding carboxylic acids is 1. The van der Waals surface area contributed by atoms with Crippen LogP contribution < -0.4 is 16.4 Å². The van der Waals surface area contributed by atoms with Crippen molar-refractivity contribution in [2.45, 2.75) is 12.8 Å². The molecule has 2 rings (SSSR count). The average molecular weight is 267 g/mol. The first kappa shape index (κ1) is 13.7. The third kappa shape index (κ3) is 2.98. The van der Waals surface area contributed by atoms with E-state index in [0.29, 0.717) is 23.1 Å². The molecule has 19 heavy (non-hydrogen) atoms. The van der Waals surface area contributed by atoms with Gasteiger partial charge in [0.1, 0.15) is 11.4 Å². The maximum Gasteiger partial charge on any atom is 0.345 e. The molecular weight excluding hydrogens is 246 g/mol. The normalized spacial score (nSPS) is 16.3. The summed E-state index contributed by atoms with van der Waals surface area (Å²) in [4.78, 5) is 11.7. The number of nitrogens with two attached hydrogens (primary N) is 1. The molecule has 0 radical (unpaired) electrons. The largest absolute Gasteiger partial charge is 0.465 e. The Kier molecular flexibility index (Phi) is 4.26. The van der Waals surface area contributed by atoms with E-state index in [1.165, 1.54) is 11.8 Å². The summed E-state index contributed by atoms with van der Waals surface area (Å²) in [5.41, 5.74) is 6.16. The van der Waals surface area contributed by atoms with E-state index in [0.717, 1.165) is 32.5 Å². The standard InChI is InChI=1S/C12H21N5O2/c1-17-10(13)9(12(18)19-2)11(16-17)15-7-8-3-5-14-6-4-8/h8,14H,3-7,13H2,1-2H3,(H,15,16). The minimum atomic E-state index is -0.460. The molecule has 2 heterocycles. The molecular formula is C12H21N5O2. The van der Waals surface area contributed by atoms with E-state index in [4.69, 9.17) is 10.5 Å². The smallest absolute Gasteiger partial charge is 0.345 e. The fourth-order valence-corrected chi connectivity index (χ4v) is 2.29. The molecule has 0 atom stereocenters. The topological polar surface area (TPSA) is 94.2 Å². The van der Waals surface area contributed by atoms with E-state index >= 15 is 0 Å². The zero-order valence-corrected chi connectivity index (χ0v) is 11.4. The van der Waals surface area contributed by atoms with Crippen LogP contribution in [0.2, 0.25) is 0 Å². The molecule has 1 aliphatic heterocycles. The number of nitrogens with one attached hydrogen (secondary N) is 2. The molecule has 0 spiro atoms. The van der Waals surface area contributed by atoms with Gasteiger partial charge in [-0.2, -0.15) is 5.10 Å². The number of nitrogens with zero attached hydrogens (tertiary/aromatic N) is 2. The number of aryl methyl sites for hydroxylation is 1. The fourth-order valence-electron chi connectivity index (χ4n) is 2.29. The Balaban J connectivity index is 2.06. The van der Waals surface area contributed by atoms with E-state index in [2.05, 4.69) is 15.7 Å². The molecule has 1 aromatic rings. The number of piperidine rings is 1. The zero-order chi connectivity index (χ0) is 13.8. The number of ether oxygens (including phenoxy) is 1. The van der Waals surface area contributed by atoms with Crippen LogP contribution in [0, 0.1) is 5.92 Å². The van der Waals surface area contributed by atoms with E-state index in [1.54, 1.807) is 7.05 Å². The summed E-state index contributed by atoms with van der Waals surface area (Å²) in [6.07, 6.45) is 2.26. The quantitative estimate of drug-likeness (QED) is 0.675. The van der Waals surface area contributed by atoms with Gasteiger partial charge in [0, 0.05) is 13.6 Å². The van der Waals surface area contributed by atoms with Gasteiger partial charge in [0.25, 0.3) is 0 Å². The minimum absolute atomic E-state index is 0.318. The molecule has 0 amide bonds. The second kappa shape index (κ2) is 5.92. The van der Waals surface area contributed by atoms with Gasteiger partial charge in [-0.05, 0) is 31.8 Å². The number of hydrogen-bond donors (Lipinski definition) is 3. The van der Waals surface area contributed by atoms with Crippen molar-refractivity contribution in [2.24, 2.45) is 13.0 Å². The summed E-state index contributed by atoms with van der Waals surface area (Å²) < 4.78 is 6.22. The van der Waals surface area contributed by atoms with Gasteiger partial charge < -0.3 is 21.1 Å². The molecule has 1 aliphatic rings. The van der Waals surface area contributed by atoms with Crippen molar-refractivity contribution < 1.29 is 9.53 Å². The third-order valence-corrected chi connectivity index (χ3v) is 3.50. The molecule has 1 fully saturated rings. The maximum absolute atomic E-state index is 11.7. The molecule has 7 heteroatoms. The van der Waals surface area contributed by atoms with Gasteiger partial charge in [0.2, 0.25) is 0 Å². The van der Waals surface area contributed by atoms with E-state index in [1.807, 2.05) is 0 Å². The SMILES string of the molecule is COC(=O)c1c(NCC2CCNCC2)nn(C)c1N. The van der Waals surface area contributed by atoms with Crippen molar-refractivity contribution in [2.75, 3.05) is 37.8 Å². The monoisotopic (exact) mass is 267 g/mol. The molecule has 0 aromatic carbocycles. The highest BCUT2D eigenvalue weighted by atomic mass is 16.5. The Morgan fingerprint density at radius 3 is 2.89 bits per heavy atom. The Morgan fingerprint density at radius 2 is 2.26 bits per heavy atom. The van der Waals surface area contributed by atoms with Crippen LogP contribution in [-0.4, -0.2) is 42.5 Å². The van der Waals surface area contributed by atoms with Gasteiger partial charge in [-0.15, -0.1) is 0 Å². The van der Waals surface area contributed by atoms with Crippen molar-refractivity contribution in [1.82, 2.24) is 15.1 Å². The maximum atomic E-state index is 11.7. The predicted octanol–water partition coefficient (Wildman–Crippen LogP) is 0.200. The number of aromatic nitrogens is 2. The highest BCUT2D eigenvalue weighted by molar-refractivity contribution is 5.99. The van der Waals surface area contributed by atoms with Crippen LogP contribution in [0.5, 0.6) is 0 Å². The Morgan fingerprint density at radius 1 is 1.58 bits per heavy atom. The number of carbonyl (C=O) groups is 1. The molecule has 0 aliphatic carbocycles. The number of anilines is 2. The molecule has 7 nitrogen and oxygen atoms in total. The van der Waals surface area contributed by atoms with Crippen LogP contribution in [0.25, 0.3) is 0 Å². The first-order valence-corrected chi connectivity index (χ1v) is 6.49. The lowest BCUT2D eigenvalue weighted by Gasteiger charge is -2.22. The highest BCUT2D eigenvalue weighted by Crippen LogP contribution is 2.22. The van der Waals surface area contributed by atoms with Crippen LogP contribution in [0.15, 0.2) is 0 Å². The van der Waals surface area contributed by atoms with Gasteiger partial charge in [0.05, 0.1) is 7.11 Å². The summed E-state index contributed by atoms with van der Waals surface area (Å²) in [5, 5.41) is 10.8. The van der Waals surface area contributed by atoms with Gasteiger partial charge in [-0.3, -0.25) is 4.68 Å². The van der Waals surface area contributed by atoms with Crippen molar-refractivity contribution in [1.29, 1.82) is 0 Å². The fraction of sp³-hybridized carbons (Fsp3) is 0.667. The van der Waals surface area contributed by atoms with Crippen molar-refractivity contribution in [3.8, 4) is 0 Å². The van der Waals surface area contributed by atoms with Gasteiger partial charge in [-0.25, -0.2) is 4.79 Å². The minimum Gasteiger partial charge on any atom is -0.465 e. The lowest BCUT2D eigenvalue weighted by Crippen LogP contribution is -2.31. The molecule has 0 unspecified atom stereocenters. The summed E-state index contributed by atoms with van der Waals surface area (Å²) in [5.74, 6) is 0.957. The van der Waals surface area contributed by atoms with E-state index in [-0.39, 0.29) is 0 Å². The number of hydrogen-bond acceptors (Lipinski definition) is 6. The molecule has 0 saturated carbocycles. The summed E-state index contributed by atoms with van der Waals surface area (Å²) >= 11 is 0. The second-order valence-electron chi connectivity index (χ2n) is 4.80. The van der Waals surface area contributed by atoms with Crippen LogP contribution in [0.4, 0.5) is 11.6 Å². The second-order valence-corrected chi connectivity index (χ2v) is 4.80. The molecule has 0 bridgehead atoms. The summed E-state index contributed by atoms with van der Waals surface area (Å²) in [6, 6.07) is 0. The Labute approximate surface area is 112 Å². The number of esters is 1. The number of nitrogen functional groups attached to an aromatic ring is 1. The summed E-state index contributed by atoms with van der Waals surface area (Å²) in [6.45, 7) is 2.88. The lowest BCUT2D eigenvalue weighted by atomic mass is 9.98. The van der Waals surface area contributed by atoms with Crippen LogP contribution in [0.3, 0.4) is 0 Å². The van der Waals surface area contributed by atoms with Crippen LogP contribution >= 0.6 is 0 Å². The lowest BCUT2D eigenvalue weighted by molar-refractivity contribution is 0.0603. The van der Waals surface area contributed by atoms with Crippen molar-refractivity contribution in [3.63, 3.8) is 0 Å². The first-order valence-electron chi connectivity index (χ1n) is 6.49. The zero-order valence-electron chi connectivity index (χ0n) is 11.4. The van der Waals surface area contributed by atoms with E-state index in [9.17, 15) is 4.79 Å². The van der Waals surface area contributed by atoms with Crippen molar-refractivity contribution >= 4 is 17.6 Å².